The molecule has 0 saturated carbocycles. The lowest BCUT2D eigenvalue weighted by Crippen LogP contribution is -2.42. The summed E-state index contributed by atoms with van der Waals surface area (Å²) in [6.07, 6.45) is 4.28. The fourth-order valence-corrected chi connectivity index (χ4v) is 3.95. The van der Waals surface area contributed by atoms with Crippen molar-refractivity contribution in [2.24, 2.45) is 4.99 Å². The molecule has 31 heavy (non-hydrogen) atoms. The van der Waals surface area contributed by atoms with Gasteiger partial charge in [-0.2, -0.15) is 0 Å². The lowest BCUT2D eigenvalue weighted by Gasteiger charge is -2.29. The van der Waals surface area contributed by atoms with Crippen molar-refractivity contribution >= 4 is 29.9 Å². The Morgan fingerprint density at radius 2 is 1.68 bits per heavy atom. The van der Waals surface area contributed by atoms with Gasteiger partial charge in [0.05, 0.1) is 12.6 Å². The molecule has 2 N–H and O–H groups in total. The highest BCUT2D eigenvalue weighted by molar-refractivity contribution is 14.0. The van der Waals surface area contributed by atoms with Gasteiger partial charge in [0, 0.05) is 19.3 Å². The van der Waals surface area contributed by atoms with Crippen LogP contribution in [-0.2, 0) is 6.54 Å². The van der Waals surface area contributed by atoms with E-state index in [1.54, 1.807) is 13.4 Å². The summed E-state index contributed by atoms with van der Waals surface area (Å²) in [5, 5.41) is 15.2. The van der Waals surface area contributed by atoms with Gasteiger partial charge in [-0.1, -0.05) is 48.5 Å². The Morgan fingerprint density at radius 1 is 1.00 bits per heavy atom. The summed E-state index contributed by atoms with van der Waals surface area (Å²) in [5.74, 6) is 1.60. The molecule has 0 spiro atoms. The predicted octanol–water partition coefficient (Wildman–Crippen LogP) is 3.39. The number of hydrogen-bond acceptors (Lipinski definition) is 4. The Kier molecular flexibility index (Phi) is 8.84. The molecule has 1 fully saturated rings. The highest BCUT2D eigenvalue weighted by Crippen LogP contribution is 2.24. The van der Waals surface area contributed by atoms with Crippen LogP contribution in [0.4, 0.5) is 0 Å². The summed E-state index contributed by atoms with van der Waals surface area (Å²) in [6.45, 7) is 3.63. The molecule has 1 saturated heterocycles. The van der Waals surface area contributed by atoms with Gasteiger partial charge < -0.3 is 10.6 Å². The van der Waals surface area contributed by atoms with Crippen LogP contribution in [0, 0.1) is 0 Å². The van der Waals surface area contributed by atoms with Crippen LogP contribution in [0.5, 0.6) is 0 Å². The molecule has 1 aliphatic heterocycles. The third kappa shape index (κ3) is 6.04. The molecule has 0 aliphatic carbocycles. The van der Waals surface area contributed by atoms with Crippen LogP contribution in [0.25, 0.3) is 5.69 Å². The van der Waals surface area contributed by atoms with Crippen LogP contribution in [0.1, 0.15) is 30.3 Å². The van der Waals surface area contributed by atoms with Crippen molar-refractivity contribution in [3.8, 4) is 5.69 Å². The van der Waals surface area contributed by atoms with Gasteiger partial charge in [0.2, 0.25) is 0 Å². The van der Waals surface area contributed by atoms with Crippen LogP contribution >= 0.6 is 24.0 Å². The molecule has 2 heterocycles. The van der Waals surface area contributed by atoms with Gasteiger partial charge >= 0.3 is 0 Å². The second-order valence-corrected chi connectivity index (χ2v) is 7.43. The van der Waals surface area contributed by atoms with Gasteiger partial charge in [-0.3, -0.25) is 14.5 Å². The summed E-state index contributed by atoms with van der Waals surface area (Å²) in [7, 11) is 1.80. The molecule has 2 aromatic carbocycles. The molecule has 1 atom stereocenters. The third-order valence-electron chi connectivity index (χ3n) is 5.52. The fourth-order valence-electron chi connectivity index (χ4n) is 3.95. The van der Waals surface area contributed by atoms with Crippen LogP contribution in [0.15, 0.2) is 72.0 Å². The summed E-state index contributed by atoms with van der Waals surface area (Å²) in [6, 6.07) is 21.2. The van der Waals surface area contributed by atoms with Crippen molar-refractivity contribution < 1.29 is 0 Å². The molecule has 1 aliphatic rings. The number of rotatable bonds is 7. The molecule has 0 bridgehead atoms. The van der Waals surface area contributed by atoms with Gasteiger partial charge in [-0.25, -0.2) is 0 Å². The molecule has 8 heteroatoms. The zero-order valence-electron chi connectivity index (χ0n) is 17.8. The average molecular weight is 531 g/mol. The maximum atomic E-state index is 4.40. The number of likely N-dealkylation sites (tertiary alicyclic amines) is 1. The van der Waals surface area contributed by atoms with E-state index in [1.165, 1.54) is 18.4 Å². The molecule has 3 aromatic rings. The predicted molar refractivity (Wildman–Crippen MR) is 135 cm³/mol. The van der Waals surface area contributed by atoms with Crippen LogP contribution < -0.4 is 10.6 Å². The van der Waals surface area contributed by atoms with Gasteiger partial charge in [0.25, 0.3) is 0 Å². The van der Waals surface area contributed by atoms with Crippen molar-refractivity contribution in [1.29, 1.82) is 0 Å². The normalized spacial score (nSPS) is 15.3. The molecule has 164 valence electrons. The van der Waals surface area contributed by atoms with E-state index < -0.39 is 0 Å². The molecule has 0 radical (unpaired) electrons. The van der Waals surface area contributed by atoms with E-state index in [0.717, 1.165) is 37.1 Å². The number of aliphatic imine (C=N–C) groups is 1. The fraction of sp³-hybridized carbons (Fsp3) is 0.348. The minimum absolute atomic E-state index is 0. The van der Waals surface area contributed by atoms with Crippen molar-refractivity contribution in [1.82, 2.24) is 30.3 Å². The van der Waals surface area contributed by atoms with E-state index in [1.807, 2.05) is 34.9 Å². The largest absolute Gasteiger partial charge is 0.354 e. The molecule has 0 amide bonds. The van der Waals surface area contributed by atoms with Crippen LogP contribution in [0.3, 0.4) is 0 Å². The van der Waals surface area contributed by atoms with Crippen molar-refractivity contribution in [2.75, 3.05) is 26.7 Å². The smallest absolute Gasteiger partial charge is 0.191 e. The van der Waals surface area contributed by atoms with Gasteiger partial charge in [0.15, 0.2) is 11.8 Å². The number of halogens is 1. The van der Waals surface area contributed by atoms with E-state index in [4.69, 9.17) is 0 Å². The molecule has 1 unspecified atom stereocenters. The number of guanidine groups is 1. The summed E-state index contributed by atoms with van der Waals surface area (Å²) in [5.41, 5.74) is 2.38. The van der Waals surface area contributed by atoms with E-state index in [9.17, 15) is 0 Å². The first-order valence-electron chi connectivity index (χ1n) is 10.5. The monoisotopic (exact) mass is 531 g/mol. The maximum absolute atomic E-state index is 4.40. The van der Waals surface area contributed by atoms with Crippen LogP contribution in [-0.4, -0.2) is 52.3 Å². The number of para-hydroxylation sites is 1. The average Bonchev–Trinajstić information content (AvgIpc) is 3.50. The number of nitrogens with zero attached hydrogens (tertiary/aromatic N) is 5. The van der Waals surface area contributed by atoms with Crippen molar-refractivity contribution in [2.45, 2.75) is 25.4 Å². The van der Waals surface area contributed by atoms with E-state index in [0.29, 0.717) is 12.6 Å². The lowest BCUT2D eigenvalue weighted by molar-refractivity contribution is 0.245. The highest BCUT2D eigenvalue weighted by Gasteiger charge is 2.23. The topological polar surface area (TPSA) is 70.4 Å². The summed E-state index contributed by atoms with van der Waals surface area (Å²) >= 11 is 0. The maximum Gasteiger partial charge on any atom is 0.191 e. The highest BCUT2D eigenvalue weighted by atomic mass is 127. The Bertz CT molecular complexity index is 937. The number of nitrogens with one attached hydrogen (secondary N) is 2. The summed E-state index contributed by atoms with van der Waals surface area (Å²) < 4.78 is 1.98. The zero-order chi connectivity index (χ0) is 20.6. The van der Waals surface area contributed by atoms with E-state index >= 15 is 0 Å². The molecule has 7 nitrogen and oxygen atoms in total. The lowest BCUT2D eigenvalue weighted by atomic mass is 10.1. The second kappa shape index (κ2) is 11.8. The van der Waals surface area contributed by atoms with Gasteiger partial charge in [-0.15, -0.1) is 34.2 Å². The molecule has 1 aromatic heterocycles. The molecular weight excluding hydrogens is 501 g/mol. The Morgan fingerprint density at radius 3 is 2.35 bits per heavy atom. The summed E-state index contributed by atoms with van der Waals surface area (Å²) in [4.78, 5) is 6.96. The second-order valence-electron chi connectivity index (χ2n) is 7.43. The Hall–Kier alpha value is -2.46. The SMILES string of the molecule is CN=C(NCc1nncn1-c1ccccc1)NCC(c1ccccc1)N1CCCC1.I. The van der Waals surface area contributed by atoms with Gasteiger partial charge in [-0.05, 0) is 43.6 Å². The quantitative estimate of drug-likeness (QED) is 0.278. The van der Waals surface area contributed by atoms with E-state index in [2.05, 4.69) is 61.1 Å². The van der Waals surface area contributed by atoms with E-state index in [-0.39, 0.29) is 24.0 Å². The zero-order valence-corrected chi connectivity index (χ0v) is 20.1. The minimum atomic E-state index is 0. The first-order chi connectivity index (χ1) is 14.8. The number of aromatic nitrogens is 3. The number of benzene rings is 2. The first kappa shape index (κ1) is 23.2. The van der Waals surface area contributed by atoms with Crippen molar-refractivity contribution in [3.63, 3.8) is 0 Å². The van der Waals surface area contributed by atoms with Crippen molar-refractivity contribution in [3.05, 3.63) is 78.4 Å². The van der Waals surface area contributed by atoms with Crippen LogP contribution in [0.2, 0.25) is 0 Å². The standard InChI is InChI=1S/C23H29N7.HI/c1-24-23(26-17-22-28-27-18-30(22)20-12-6-3-7-13-20)25-16-21(29-14-8-9-15-29)19-10-4-2-5-11-19;/h2-7,10-13,18,21H,8-9,14-17H2,1H3,(H2,24,25,26);1H. The minimum Gasteiger partial charge on any atom is -0.354 e. The third-order valence-corrected chi connectivity index (χ3v) is 5.52. The first-order valence-corrected chi connectivity index (χ1v) is 10.5. The van der Waals surface area contributed by atoms with Gasteiger partial charge in [0.1, 0.15) is 6.33 Å². The molecule has 4 rings (SSSR count). The Labute approximate surface area is 201 Å². The Balaban J connectivity index is 0.00000272. The molecular formula is C23H30IN7. The number of hydrogen-bond donors (Lipinski definition) is 2.